The number of carbonyl (C=O) groups excluding carboxylic acids is 4. The van der Waals surface area contributed by atoms with Crippen molar-refractivity contribution in [3.05, 3.63) is 114 Å². The molecule has 0 radical (unpaired) electrons. The maximum atomic E-state index is 14.1. The highest BCUT2D eigenvalue weighted by Crippen LogP contribution is 2.47. The molecular formula is C54H59FN6O8S2. The number of thiophene rings is 1. The van der Waals surface area contributed by atoms with Gasteiger partial charge in [0.1, 0.15) is 41.8 Å². The van der Waals surface area contributed by atoms with E-state index in [2.05, 4.69) is 20.5 Å². The van der Waals surface area contributed by atoms with E-state index in [0.29, 0.717) is 48.8 Å². The predicted octanol–water partition coefficient (Wildman–Crippen LogP) is 8.00. The van der Waals surface area contributed by atoms with Crippen molar-refractivity contribution in [2.45, 2.75) is 71.7 Å². The van der Waals surface area contributed by atoms with Crippen LogP contribution in [-0.2, 0) is 25.7 Å². The normalized spacial score (nSPS) is 19.5. The highest BCUT2D eigenvalue weighted by atomic mass is 32.1. The van der Waals surface area contributed by atoms with Crippen LogP contribution in [0.3, 0.4) is 0 Å². The fraction of sp³-hybridized carbons (Fsp3) is 0.389. The van der Waals surface area contributed by atoms with E-state index in [1.165, 1.54) is 28.4 Å². The Bertz CT molecular complexity index is 2870. The van der Waals surface area contributed by atoms with Gasteiger partial charge in [-0.3, -0.25) is 24.1 Å². The number of rotatable bonds is 16. The summed E-state index contributed by atoms with van der Waals surface area (Å²) in [6, 6.07) is 24.8. The Hall–Kier alpha value is -6.40. The Kier molecular flexibility index (Phi) is 14.8. The van der Waals surface area contributed by atoms with Crippen molar-refractivity contribution in [1.29, 1.82) is 0 Å². The second-order valence-electron chi connectivity index (χ2n) is 19.9. The van der Waals surface area contributed by atoms with Crippen molar-refractivity contribution < 1.29 is 43.3 Å². The van der Waals surface area contributed by atoms with Crippen LogP contribution < -0.4 is 20.1 Å². The molecule has 372 valence electrons. The number of nitrogens with zero attached hydrogens (tertiary/aromatic N) is 4. The van der Waals surface area contributed by atoms with Crippen LogP contribution in [0.2, 0.25) is 0 Å². The number of amides is 4. The molecule has 4 N–H and O–H groups in total. The number of aromatic hydroxyl groups is 1. The molecule has 4 amide bonds. The molecule has 0 spiro atoms. The summed E-state index contributed by atoms with van der Waals surface area (Å²) in [6.45, 7) is 11.8. The van der Waals surface area contributed by atoms with E-state index in [1.807, 2.05) is 92.7 Å². The lowest BCUT2D eigenvalue weighted by Crippen LogP contribution is -2.57. The largest absolute Gasteiger partial charge is 0.508 e. The van der Waals surface area contributed by atoms with Crippen LogP contribution in [0.25, 0.3) is 31.0 Å². The molecule has 3 fully saturated rings. The zero-order valence-electron chi connectivity index (χ0n) is 40.2. The molecule has 4 aromatic carbocycles. The van der Waals surface area contributed by atoms with Crippen molar-refractivity contribution in [2.24, 2.45) is 17.3 Å². The minimum absolute atomic E-state index is 0.0137. The number of phenols is 1. The van der Waals surface area contributed by atoms with E-state index in [4.69, 9.17) is 9.47 Å². The number of benzene rings is 4. The van der Waals surface area contributed by atoms with Crippen molar-refractivity contribution in [3.63, 3.8) is 0 Å². The molecule has 2 unspecified atom stereocenters. The fourth-order valence-electron chi connectivity index (χ4n) is 9.84. The van der Waals surface area contributed by atoms with Gasteiger partial charge < -0.3 is 40.1 Å². The second kappa shape index (κ2) is 21.1. The first-order chi connectivity index (χ1) is 34.1. The SMILES string of the molecule is Cc1ncsc1-c1ccc(CNC(=O)[C@@H]2C[C@@H](O)CN2C(=O)[C@@H](NC(=O)CCC(=O)N2CC3CN(CCOc4ccc(Oc5c(-c6ccc(F)cc6)sc6cc(O)ccc56)cc4)CC3C2)C(C)(C)C)cc1. The van der Waals surface area contributed by atoms with Crippen LogP contribution in [0.1, 0.15) is 51.3 Å². The minimum Gasteiger partial charge on any atom is -0.508 e. The number of carbonyl (C=O) groups is 4. The van der Waals surface area contributed by atoms with Crippen molar-refractivity contribution >= 4 is 56.4 Å². The maximum absolute atomic E-state index is 14.1. The van der Waals surface area contributed by atoms with Crippen molar-refractivity contribution in [1.82, 2.24) is 30.3 Å². The molecule has 6 aromatic rings. The number of aliphatic hydroxyl groups is 1. The van der Waals surface area contributed by atoms with E-state index in [0.717, 1.165) is 61.9 Å². The third-order valence-corrected chi connectivity index (χ3v) is 15.8. The zero-order chi connectivity index (χ0) is 50.0. The summed E-state index contributed by atoms with van der Waals surface area (Å²) in [5.74, 6) is 1.07. The van der Waals surface area contributed by atoms with Gasteiger partial charge in [0.2, 0.25) is 23.6 Å². The van der Waals surface area contributed by atoms with E-state index in [9.17, 15) is 33.8 Å². The van der Waals surface area contributed by atoms with Gasteiger partial charge in [0.05, 0.1) is 27.1 Å². The van der Waals surface area contributed by atoms with Crippen LogP contribution in [0.4, 0.5) is 4.39 Å². The van der Waals surface area contributed by atoms with Gasteiger partial charge in [-0.25, -0.2) is 9.37 Å². The number of halogens is 1. The summed E-state index contributed by atoms with van der Waals surface area (Å²) in [7, 11) is 0. The van der Waals surface area contributed by atoms with E-state index in [-0.39, 0.29) is 55.7 Å². The summed E-state index contributed by atoms with van der Waals surface area (Å²) < 4.78 is 27.1. The Balaban J connectivity index is 0.706. The molecule has 5 atom stereocenters. The number of phenolic OH excluding ortho intramolecular Hbond substituents is 1. The van der Waals surface area contributed by atoms with Crippen molar-refractivity contribution in [3.8, 4) is 43.9 Å². The van der Waals surface area contributed by atoms with Gasteiger partial charge in [-0.15, -0.1) is 22.7 Å². The lowest BCUT2D eigenvalue weighted by molar-refractivity contribution is -0.144. The third kappa shape index (κ3) is 11.5. The molecule has 3 saturated heterocycles. The van der Waals surface area contributed by atoms with Gasteiger partial charge in [0, 0.05) is 75.2 Å². The first-order valence-corrected chi connectivity index (χ1v) is 25.7. The van der Waals surface area contributed by atoms with E-state index < -0.39 is 35.4 Å². The Morgan fingerprint density at radius 2 is 1.54 bits per heavy atom. The molecule has 3 aliphatic rings. The molecule has 0 bridgehead atoms. The number of hydrogen-bond acceptors (Lipinski definition) is 12. The number of thiazole rings is 1. The number of nitrogens with one attached hydrogen (secondary N) is 2. The molecule has 3 aliphatic heterocycles. The summed E-state index contributed by atoms with van der Waals surface area (Å²) in [6.07, 6.45) is -0.869. The van der Waals surface area contributed by atoms with Gasteiger partial charge in [0.25, 0.3) is 0 Å². The van der Waals surface area contributed by atoms with Crippen LogP contribution in [0.5, 0.6) is 23.0 Å². The zero-order valence-corrected chi connectivity index (χ0v) is 41.9. The average molecular weight is 1000 g/mol. The van der Waals surface area contributed by atoms with Crippen molar-refractivity contribution in [2.75, 3.05) is 45.9 Å². The van der Waals surface area contributed by atoms with Crippen LogP contribution in [0.15, 0.2) is 96.5 Å². The third-order valence-electron chi connectivity index (χ3n) is 13.6. The number of likely N-dealkylation sites (tertiary alicyclic amines) is 3. The van der Waals surface area contributed by atoms with Crippen LogP contribution in [-0.4, -0.2) is 118 Å². The first kappa shape index (κ1) is 49.6. The highest BCUT2D eigenvalue weighted by Gasteiger charge is 2.45. The van der Waals surface area contributed by atoms with Gasteiger partial charge >= 0.3 is 0 Å². The molecule has 5 heterocycles. The first-order valence-electron chi connectivity index (χ1n) is 24.0. The molecule has 9 rings (SSSR count). The lowest BCUT2D eigenvalue weighted by Gasteiger charge is -2.35. The van der Waals surface area contributed by atoms with Gasteiger partial charge in [-0.05, 0) is 95.5 Å². The average Bonchev–Trinajstić information content (AvgIpc) is 4.19. The number of hydrogen-bond donors (Lipinski definition) is 4. The Morgan fingerprint density at radius 3 is 2.21 bits per heavy atom. The van der Waals surface area contributed by atoms with E-state index >= 15 is 0 Å². The fourth-order valence-corrected chi connectivity index (χ4v) is 11.8. The summed E-state index contributed by atoms with van der Waals surface area (Å²) in [4.78, 5) is 66.3. The summed E-state index contributed by atoms with van der Waals surface area (Å²) >= 11 is 3.03. The molecule has 71 heavy (non-hydrogen) atoms. The summed E-state index contributed by atoms with van der Waals surface area (Å²) in [5, 5.41) is 27.4. The monoisotopic (exact) mass is 1000 g/mol. The van der Waals surface area contributed by atoms with Crippen LogP contribution in [0, 0.1) is 30.0 Å². The van der Waals surface area contributed by atoms with E-state index in [1.54, 1.807) is 35.6 Å². The molecular weight excluding hydrogens is 944 g/mol. The quantitative estimate of drug-likeness (QED) is 0.0745. The summed E-state index contributed by atoms with van der Waals surface area (Å²) in [5.41, 5.74) is 4.79. The Labute approximate surface area is 420 Å². The van der Waals surface area contributed by atoms with Gasteiger partial charge in [-0.1, -0.05) is 57.2 Å². The Morgan fingerprint density at radius 1 is 0.859 bits per heavy atom. The number of aryl methyl sites for hydroxylation is 1. The number of aromatic nitrogens is 1. The molecule has 14 nitrogen and oxygen atoms in total. The molecule has 0 saturated carbocycles. The standard InChI is InChI=1S/C54H59FN6O8S2/c1-32-49(70-31-57-32)34-7-5-33(6-8-34)25-56-52(66)44-23-40(63)30-61(44)53(67)51(54(2,3)4)58-46(64)19-20-47(65)60-28-36-26-59(27-37(36)29-60)21-22-68-41-14-16-42(17-15-41)69-48-43-18-13-39(62)24-45(43)71-50(48)35-9-11-38(55)12-10-35/h5-18,24,31,36-37,40,44,51,62-63H,19-23,25-30H2,1-4H3,(H,56,66)(H,58,64)/t36?,37?,40-,44+,51-/m1/s1. The number of fused-ring (bicyclic) bond motifs is 2. The number of ether oxygens (including phenoxy) is 2. The van der Waals surface area contributed by atoms with Gasteiger partial charge in [-0.2, -0.15) is 0 Å². The topological polar surface area (TPSA) is 174 Å². The minimum atomic E-state index is -0.985. The smallest absolute Gasteiger partial charge is 0.246 e. The molecule has 0 aliphatic carbocycles. The van der Waals surface area contributed by atoms with Gasteiger partial charge in [0.15, 0.2) is 5.75 Å². The molecule has 17 heteroatoms. The maximum Gasteiger partial charge on any atom is 0.246 e. The second-order valence-corrected chi connectivity index (χ2v) is 21.8. The number of aliphatic hydroxyl groups excluding tert-OH is 1. The molecule has 2 aromatic heterocycles. The lowest BCUT2D eigenvalue weighted by atomic mass is 9.85. The predicted molar refractivity (Wildman–Crippen MR) is 272 cm³/mol. The number of β-amino-alcohol motifs (C(OH)–C–C–N with tert-alkyl or cyclic N) is 1. The highest BCUT2D eigenvalue weighted by molar-refractivity contribution is 7.22. The van der Waals surface area contributed by atoms with Crippen LogP contribution >= 0.6 is 22.7 Å².